The molecule has 0 amide bonds. The quantitative estimate of drug-likeness (QED) is 0.657. The van der Waals surface area contributed by atoms with E-state index >= 15 is 0 Å². The molecular formula is C25H36N2O2S. The fourth-order valence-corrected chi connectivity index (χ4v) is 5.76. The Balaban J connectivity index is 1.76. The first-order valence-corrected chi connectivity index (χ1v) is 12.8. The molecule has 2 aliphatic carbocycles. The monoisotopic (exact) mass is 428 g/mol. The van der Waals surface area contributed by atoms with Gasteiger partial charge in [0.2, 0.25) is 10.0 Å². The van der Waals surface area contributed by atoms with E-state index in [0.717, 1.165) is 5.56 Å². The van der Waals surface area contributed by atoms with Crippen molar-refractivity contribution in [3.8, 4) is 0 Å². The van der Waals surface area contributed by atoms with Gasteiger partial charge in [-0.3, -0.25) is 0 Å². The molecular weight excluding hydrogens is 392 g/mol. The van der Waals surface area contributed by atoms with Crippen molar-refractivity contribution >= 4 is 10.0 Å². The summed E-state index contributed by atoms with van der Waals surface area (Å²) in [5, 5.41) is 0. The molecule has 1 aromatic carbocycles. The van der Waals surface area contributed by atoms with Crippen LogP contribution in [-0.2, 0) is 10.0 Å². The van der Waals surface area contributed by atoms with Crippen molar-refractivity contribution in [1.29, 1.82) is 0 Å². The minimum Gasteiger partial charge on any atom is -0.329 e. The zero-order valence-corrected chi connectivity index (χ0v) is 18.9. The van der Waals surface area contributed by atoms with Gasteiger partial charge in [-0.2, -0.15) is 0 Å². The summed E-state index contributed by atoms with van der Waals surface area (Å²) in [5.74, 6) is 0.517. The molecule has 164 valence electrons. The van der Waals surface area contributed by atoms with Crippen LogP contribution in [0.3, 0.4) is 0 Å². The third-order valence-electron chi connectivity index (χ3n) is 6.46. The van der Waals surface area contributed by atoms with E-state index in [1.807, 2.05) is 48.6 Å². The van der Waals surface area contributed by atoms with Gasteiger partial charge in [-0.05, 0) is 36.8 Å². The minimum absolute atomic E-state index is 0.207. The zero-order valence-electron chi connectivity index (χ0n) is 18.1. The molecule has 4 nitrogen and oxygen atoms in total. The van der Waals surface area contributed by atoms with Gasteiger partial charge in [-0.15, -0.1) is 0 Å². The van der Waals surface area contributed by atoms with Gasteiger partial charge in [0.25, 0.3) is 0 Å². The highest BCUT2D eigenvalue weighted by molar-refractivity contribution is 7.91. The van der Waals surface area contributed by atoms with Crippen LogP contribution in [0.15, 0.2) is 66.3 Å². The van der Waals surface area contributed by atoms with Gasteiger partial charge in [-0.1, -0.05) is 99.2 Å². The molecule has 0 saturated heterocycles. The van der Waals surface area contributed by atoms with Crippen LogP contribution >= 0.6 is 0 Å². The fourth-order valence-electron chi connectivity index (χ4n) is 4.39. The first-order valence-electron chi connectivity index (χ1n) is 11.3. The Hall–Kier alpha value is -1.69. The largest absolute Gasteiger partial charge is 0.329 e. The normalized spacial score (nSPS) is 24.9. The molecule has 2 aliphatic rings. The highest BCUT2D eigenvalue weighted by atomic mass is 32.2. The lowest BCUT2D eigenvalue weighted by Gasteiger charge is -2.26. The molecule has 1 fully saturated rings. The van der Waals surface area contributed by atoms with Crippen molar-refractivity contribution in [3.63, 3.8) is 0 Å². The van der Waals surface area contributed by atoms with Crippen LogP contribution in [-0.4, -0.2) is 19.7 Å². The first kappa shape index (κ1) is 23.0. The Labute approximate surface area is 182 Å². The molecule has 1 saturated carbocycles. The second kappa shape index (κ2) is 10.6. The Bertz CT molecular complexity index is 864. The second-order valence-corrected chi connectivity index (χ2v) is 10.9. The van der Waals surface area contributed by atoms with Crippen LogP contribution in [0.25, 0.3) is 0 Å². The highest BCUT2D eigenvalue weighted by Gasteiger charge is 2.36. The van der Waals surface area contributed by atoms with E-state index in [-0.39, 0.29) is 6.54 Å². The number of sulfonamides is 1. The predicted molar refractivity (Wildman–Crippen MR) is 125 cm³/mol. The van der Waals surface area contributed by atoms with Gasteiger partial charge >= 0.3 is 0 Å². The van der Waals surface area contributed by atoms with Crippen molar-refractivity contribution < 1.29 is 8.42 Å². The maximum Gasteiger partial charge on any atom is 0.224 e. The van der Waals surface area contributed by atoms with E-state index in [1.165, 1.54) is 56.9 Å². The van der Waals surface area contributed by atoms with Crippen molar-refractivity contribution in [3.05, 3.63) is 71.8 Å². The van der Waals surface area contributed by atoms with Gasteiger partial charge in [0.15, 0.2) is 0 Å². The maximum atomic E-state index is 13.3. The summed E-state index contributed by atoms with van der Waals surface area (Å²) in [6.07, 6.45) is 19.9. The van der Waals surface area contributed by atoms with Crippen LogP contribution in [0.1, 0.15) is 69.9 Å². The fraction of sp³-hybridized carbons (Fsp3) is 0.520. The summed E-state index contributed by atoms with van der Waals surface area (Å²) in [7, 11) is -3.68. The standard InChI is InChI=1S/C25H36N2O2S/c1-25(30(28,29)27-24(20-26)23-14-9-6-10-15-23)18-11-16-22(17-19-25)21-12-7-4-2-3-5-8-13-21/h6,9-11,14-19,21,24,27H,2-5,7-8,12-13,20,26H2,1H3. The molecule has 1 aromatic rings. The third kappa shape index (κ3) is 5.71. The first-order chi connectivity index (χ1) is 14.5. The molecule has 2 atom stereocenters. The van der Waals surface area contributed by atoms with E-state index < -0.39 is 20.8 Å². The van der Waals surface area contributed by atoms with Gasteiger partial charge < -0.3 is 5.73 Å². The smallest absolute Gasteiger partial charge is 0.224 e. The Kier molecular flexibility index (Phi) is 8.09. The summed E-state index contributed by atoms with van der Waals surface area (Å²) >= 11 is 0. The molecule has 2 unspecified atom stereocenters. The average molecular weight is 429 g/mol. The van der Waals surface area contributed by atoms with Crippen molar-refractivity contribution in [2.45, 2.75) is 69.1 Å². The van der Waals surface area contributed by atoms with Gasteiger partial charge in [0, 0.05) is 6.54 Å². The lowest BCUT2D eigenvalue weighted by molar-refractivity contribution is 0.494. The highest BCUT2D eigenvalue weighted by Crippen LogP contribution is 2.32. The Morgan fingerprint density at radius 2 is 1.67 bits per heavy atom. The summed E-state index contributed by atoms with van der Waals surface area (Å²) < 4.78 is 28.4. The molecule has 3 rings (SSSR count). The Morgan fingerprint density at radius 3 is 2.30 bits per heavy atom. The van der Waals surface area contributed by atoms with Crippen LogP contribution < -0.4 is 10.5 Å². The summed E-state index contributed by atoms with van der Waals surface area (Å²) in [5.41, 5.74) is 8.03. The summed E-state index contributed by atoms with van der Waals surface area (Å²) in [6, 6.07) is 9.06. The number of benzene rings is 1. The van der Waals surface area contributed by atoms with Gasteiger partial charge in [-0.25, -0.2) is 13.1 Å². The summed E-state index contributed by atoms with van der Waals surface area (Å²) in [4.78, 5) is 0. The molecule has 30 heavy (non-hydrogen) atoms. The molecule has 0 aliphatic heterocycles. The van der Waals surface area contributed by atoms with Crippen LogP contribution in [0.2, 0.25) is 0 Å². The predicted octanol–water partition coefficient (Wildman–Crippen LogP) is 5.17. The van der Waals surface area contributed by atoms with Crippen LogP contribution in [0.5, 0.6) is 0 Å². The second-order valence-electron chi connectivity index (χ2n) is 8.76. The maximum absolute atomic E-state index is 13.3. The van der Waals surface area contributed by atoms with Crippen LogP contribution in [0.4, 0.5) is 0 Å². The molecule has 0 heterocycles. The van der Waals surface area contributed by atoms with Crippen LogP contribution in [0, 0.1) is 5.92 Å². The molecule has 0 radical (unpaired) electrons. The van der Waals surface area contributed by atoms with E-state index in [1.54, 1.807) is 13.0 Å². The SMILES string of the molecule is CC1(S(=O)(=O)NC(CN)c2ccccc2)C=CC=C(C2CCCCCCCC2)C=C1. The van der Waals surface area contributed by atoms with Crippen molar-refractivity contribution in [1.82, 2.24) is 4.72 Å². The van der Waals surface area contributed by atoms with E-state index in [4.69, 9.17) is 5.73 Å². The number of nitrogens with one attached hydrogen (secondary N) is 1. The third-order valence-corrected chi connectivity index (χ3v) is 8.49. The van der Waals surface area contributed by atoms with Crippen molar-refractivity contribution in [2.24, 2.45) is 11.7 Å². The zero-order chi connectivity index (χ0) is 21.5. The minimum atomic E-state index is -3.68. The number of nitrogens with two attached hydrogens (primary N) is 1. The number of rotatable bonds is 6. The van der Waals surface area contributed by atoms with E-state index in [2.05, 4.69) is 10.8 Å². The van der Waals surface area contributed by atoms with E-state index in [9.17, 15) is 8.42 Å². The molecule has 3 N–H and O–H groups in total. The van der Waals surface area contributed by atoms with Gasteiger partial charge in [0.1, 0.15) is 4.75 Å². The molecule has 0 aromatic heterocycles. The number of hydrogen-bond donors (Lipinski definition) is 2. The lowest BCUT2D eigenvalue weighted by Crippen LogP contribution is -2.44. The topological polar surface area (TPSA) is 72.2 Å². The lowest BCUT2D eigenvalue weighted by atomic mass is 9.88. The molecule has 0 spiro atoms. The van der Waals surface area contributed by atoms with Crippen molar-refractivity contribution in [2.75, 3.05) is 6.54 Å². The molecule has 5 heteroatoms. The molecule has 0 bridgehead atoms. The average Bonchev–Trinajstić information content (AvgIpc) is 2.85. The van der Waals surface area contributed by atoms with Gasteiger partial charge in [0.05, 0.1) is 6.04 Å². The number of hydrogen-bond acceptors (Lipinski definition) is 3. The van der Waals surface area contributed by atoms with E-state index in [0.29, 0.717) is 5.92 Å². The Morgan fingerprint density at radius 1 is 1.03 bits per heavy atom. The number of allylic oxidation sites excluding steroid dienone is 4. The summed E-state index contributed by atoms with van der Waals surface area (Å²) in [6.45, 7) is 1.96.